The Hall–Kier alpha value is -4.46. The van der Waals surface area contributed by atoms with Crippen molar-refractivity contribution < 1.29 is 0 Å². The summed E-state index contributed by atoms with van der Waals surface area (Å²) in [7, 11) is 0. The molecule has 1 aromatic heterocycles. The monoisotopic (exact) mass is 500 g/mol. The van der Waals surface area contributed by atoms with Crippen LogP contribution in [-0.2, 0) is 5.41 Å². The summed E-state index contributed by atoms with van der Waals surface area (Å²) in [6, 6.07) is 53.8. The molecule has 1 aliphatic rings. The minimum absolute atomic E-state index is 0.371. The summed E-state index contributed by atoms with van der Waals surface area (Å²) in [5.41, 5.74) is 10.1. The van der Waals surface area contributed by atoms with Crippen LogP contribution in [0.3, 0.4) is 0 Å². The lowest BCUT2D eigenvalue weighted by atomic mass is 9.67. The second-order valence-electron chi connectivity index (χ2n) is 10.1. The van der Waals surface area contributed by atoms with Crippen LogP contribution in [0.5, 0.6) is 0 Å². The first-order chi connectivity index (χ1) is 18.8. The Morgan fingerprint density at radius 2 is 1.00 bits per heavy atom. The zero-order chi connectivity index (χ0) is 25.1. The van der Waals surface area contributed by atoms with Gasteiger partial charge < -0.3 is 0 Å². The standard InChI is InChI=1S/C37H24S/c1-2-12-27(13-3-1)37(33-18-7-4-15-29(33)30-16-5-8-19-34(30)37)28-14-10-11-25(23-28)26-21-22-36-32(24-26)31-17-6-9-20-35(31)38-36/h1-24H. The molecule has 0 N–H and O–H groups in total. The van der Waals surface area contributed by atoms with E-state index in [2.05, 4.69) is 146 Å². The highest BCUT2D eigenvalue weighted by Crippen LogP contribution is 2.56. The van der Waals surface area contributed by atoms with E-state index >= 15 is 0 Å². The zero-order valence-electron chi connectivity index (χ0n) is 20.8. The van der Waals surface area contributed by atoms with Gasteiger partial charge in [0.25, 0.3) is 0 Å². The van der Waals surface area contributed by atoms with Gasteiger partial charge in [-0.3, -0.25) is 0 Å². The van der Waals surface area contributed by atoms with Gasteiger partial charge in [-0.25, -0.2) is 0 Å². The van der Waals surface area contributed by atoms with Crippen LogP contribution in [0, 0.1) is 0 Å². The van der Waals surface area contributed by atoms with Gasteiger partial charge in [0, 0.05) is 20.2 Å². The highest BCUT2D eigenvalue weighted by molar-refractivity contribution is 7.25. The van der Waals surface area contributed by atoms with Gasteiger partial charge in [-0.15, -0.1) is 11.3 Å². The van der Waals surface area contributed by atoms with Gasteiger partial charge in [0.05, 0.1) is 5.41 Å². The molecule has 0 amide bonds. The predicted octanol–water partition coefficient (Wildman–Crippen LogP) is 10.1. The molecule has 178 valence electrons. The normalized spacial score (nSPS) is 13.5. The number of fused-ring (bicyclic) bond motifs is 6. The third kappa shape index (κ3) is 2.97. The Morgan fingerprint density at radius 3 is 1.79 bits per heavy atom. The Kier molecular flexibility index (Phi) is 4.71. The fourth-order valence-corrected chi connectivity index (χ4v) is 7.64. The van der Waals surface area contributed by atoms with Crippen LogP contribution in [-0.4, -0.2) is 0 Å². The minimum Gasteiger partial charge on any atom is -0.135 e. The first-order valence-electron chi connectivity index (χ1n) is 13.1. The van der Waals surface area contributed by atoms with E-state index in [0.29, 0.717) is 0 Å². The van der Waals surface area contributed by atoms with E-state index in [4.69, 9.17) is 0 Å². The topological polar surface area (TPSA) is 0 Å². The molecule has 0 bridgehead atoms. The van der Waals surface area contributed by atoms with Gasteiger partial charge in [-0.2, -0.15) is 0 Å². The van der Waals surface area contributed by atoms with Gasteiger partial charge in [-0.05, 0) is 68.8 Å². The van der Waals surface area contributed by atoms with Crippen LogP contribution in [0.25, 0.3) is 42.4 Å². The molecule has 38 heavy (non-hydrogen) atoms. The van der Waals surface area contributed by atoms with Gasteiger partial charge >= 0.3 is 0 Å². The number of benzene rings is 6. The maximum absolute atomic E-state index is 2.42. The van der Waals surface area contributed by atoms with Crippen molar-refractivity contribution in [3.8, 4) is 22.3 Å². The fraction of sp³-hybridized carbons (Fsp3) is 0.0270. The van der Waals surface area contributed by atoms with E-state index in [1.54, 1.807) is 0 Å². The van der Waals surface area contributed by atoms with Crippen LogP contribution >= 0.6 is 11.3 Å². The maximum Gasteiger partial charge on any atom is 0.0713 e. The van der Waals surface area contributed by atoms with E-state index in [-0.39, 0.29) is 5.41 Å². The lowest BCUT2D eigenvalue weighted by molar-refractivity contribution is 0.769. The summed E-state index contributed by atoms with van der Waals surface area (Å²) < 4.78 is 2.68. The second kappa shape index (κ2) is 8.28. The molecule has 1 heterocycles. The van der Waals surface area contributed by atoms with Crippen LogP contribution in [0.4, 0.5) is 0 Å². The van der Waals surface area contributed by atoms with Crippen molar-refractivity contribution in [3.63, 3.8) is 0 Å². The van der Waals surface area contributed by atoms with Gasteiger partial charge in [-0.1, -0.05) is 121 Å². The van der Waals surface area contributed by atoms with E-state index in [9.17, 15) is 0 Å². The summed E-state index contributed by atoms with van der Waals surface area (Å²) in [6.45, 7) is 0. The van der Waals surface area contributed by atoms with E-state index in [1.165, 1.54) is 64.7 Å². The maximum atomic E-state index is 2.42. The Morgan fingerprint density at radius 1 is 0.395 bits per heavy atom. The van der Waals surface area contributed by atoms with Crippen molar-refractivity contribution >= 4 is 31.5 Å². The molecule has 0 saturated heterocycles. The molecule has 7 aromatic rings. The summed E-state index contributed by atoms with van der Waals surface area (Å²) in [5.74, 6) is 0. The van der Waals surface area contributed by atoms with E-state index < -0.39 is 0 Å². The summed E-state index contributed by atoms with van der Waals surface area (Å²) in [6.07, 6.45) is 0. The molecule has 0 radical (unpaired) electrons. The molecule has 1 aliphatic carbocycles. The average molecular weight is 501 g/mol. The van der Waals surface area contributed by atoms with Crippen molar-refractivity contribution in [3.05, 3.63) is 168 Å². The van der Waals surface area contributed by atoms with Crippen LogP contribution in [0.1, 0.15) is 22.3 Å². The molecule has 8 rings (SSSR count). The van der Waals surface area contributed by atoms with Gasteiger partial charge in [0.2, 0.25) is 0 Å². The third-order valence-electron chi connectivity index (χ3n) is 8.16. The predicted molar refractivity (Wildman–Crippen MR) is 162 cm³/mol. The summed E-state index contributed by atoms with van der Waals surface area (Å²) >= 11 is 1.87. The fourth-order valence-electron chi connectivity index (χ4n) is 6.55. The average Bonchev–Trinajstić information content (AvgIpc) is 3.51. The van der Waals surface area contributed by atoms with Crippen molar-refractivity contribution in [2.75, 3.05) is 0 Å². The molecule has 0 fully saturated rings. The molecule has 0 saturated carbocycles. The number of thiophene rings is 1. The molecule has 0 spiro atoms. The van der Waals surface area contributed by atoms with Crippen molar-refractivity contribution in [1.29, 1.82) is 0 Å². The minimum atomic E-state index is -0.371. The van der Waals surface area contributed by atoms with Crippen molar-refractivity contribution in [1.82, 2.24) is 0 Å². The van der Waals surface area contributed by atoms with Crippen molar-refractivity contribution in [2.45, 2.75) is 5.41 Å². The van der Waals surface area contributed by atoms with Gasteiger partial charge in [0.1, 0.15) is 0 Å². The Bertz CT molecular complexity index is 1930. The third-order valence-corrected chi connectivity index (χ3v) is 9.32. The molecule has 0 aliphatic heterocycles. The molecule has 0 unspecified atom stereocenters. The quantitative estimate of drug-likeness (QED) is 0.226. The lowest BCUT2D eigenvalue weighted by Gasteiger charge is -2.34. The highest BCUT2D eigenvalue weighted by atomic mass is 32.1. The number of rotatable bonds is 3. The Labute approximate surface area is 226 Å². The molecule has 0 nitrogen and oxygen atoms in total. The first kappa shape index (κ1) is 21.6. The largest absolute Gasteiger partial charge is 0.135 e. The number of hydrogen-bond acceptors (Lipinski definition) is 1. The zero-order valence-corrected chi connectivity index (χ0v) is 21.6. The molecular formula is C37H24S. The SMILES string of the molecule is c1ccc(C2(c3cccc(-c4ccc5sc6ccccc6c5c4)c3)c3ccccc3-c3ccccc32)cc1. The van der Waals surface area contributed by atoms with Crippen LogP contribution < -0.4 is 0 Å². The highest BCUT2D eigenvalue weighted by Gasteiger charge is 2.45. The Balaban J connectivity index is 1.40. The van der Waals surface area contributed by atoms with Gasteiger partial charge in [0.15, 0.2) is 0 Å². The van der Waals surface area contributed by atoms with Crippen molar-refractivity contribution in [2.24, 2.45) is 0 Å². The lowest BCUT2D eigenvalue weighted by Crippen LogP contribution is -2.28. The molecule has 6 aromatic carbocycles. The van der Waals surface area contributed by atoms with E-state index in [1.807, 2.05) is 11.3 Å². The molecule has 1 heteroatoms. The smallest absolute Gasteiger partial charge is 0.0713 e. The summed E-state index contributed by atoms with van der Waals surface area (Å²) in [4.78, 5) is 0. The number of hydrogen-bond donors (Lipinski definition) is 0. The van der Waals surface area contributed by atoms with Crippen LogP contribution in [0.15, 0.2) is 146 Å². The second-order valence-corrected chi connectivity index (χ2v) is 11.2. The molecular weight excluding hydrogens is 476 g/mol. The van der Waals surface area contributed by atoms with Crippen LogP contribution in [0.2, 0.25) is 0 Å². The first-order valence-corrected chi connectivity index (χ1v) is 13.9. The molecule has 0 atom stereocenters. The summed E-state index contributed by atoms with van der Waals surface area (Å²) in [5, 5.41) is 2.67. The van der Waals surface area contributed by atoms with E-state index in [0.717, 1.165) is 0 Å².